The fourth-order valence-corrected chi connectivity index (χ4v) is 3.28. The third-order valence-corrected chi connectivity index (χ3v) is 4.94. The second-order valence-electron chi connectivity index (χ2n) is 6.02. The first-order valence-corrected chi connectivity index (χ1v) is 10.5. The second kappa shape index (κ2) is 11.5. The van der Waals surface area contributed by atoms with Gasteiger partial charge >= 0.3 is 12.2 Å². The molecule has 1 aromatic carbocycles. The minimum Gasteiger partial charge on any atom is -0.444 e. The van der Waals surface area contributed by atoms with Crippen molar-refractivity contribution >= 4 is 39.5 Å². The Hall–Kier alpha value is -2.14. The van der Waals surface area contributed by atoms with Gasteiger partial charge in [-0.3, -0.25) is 10.1 Å². The molecule has 1 rings (SSSR count). The van der Waals surface area contributed by atoms with Crippen LogP contribution in [0.15, 0.2) is 24.3 Å². The van der Waals surface area contributed by atoms with Gasteiger partial charge in [0.15, 0.2) is 0 Å². The highest BCUT2D eigenvalue weighted by Crippen LogP contribution is 2.20. The maximum atomic E-state index is 11.5. The zero-order chi connectivity index (χ0) is 20.3. The zero-order valence-corrected chi connectivity index (χ0v) is 16.9. The molecule has 150 valence electrons. The van der Waals surface area contributed by atoms with E-state index in [-0.39, 0.29) is 18.0 Å². The number of hydrogen-bond acceptors (Lipinski definition) is 9. The quantitative estimate of drug-likeness (QED) is 0.158. The van der Waals surface area contributed by atoms with E-state index < -0.39 is 22.8 Å². The molecule has 0 spiro atoms. The molecule has 0 aliphatic heterocycles. The Bertz CT molecular complexity index is 633. The van der Waals surface area contributed by atoms with Crippen molar-refractivity contribution in [3.8, 4) is 5.75 Å². The van der Waals surface area contributed by atoms with Crippen LogP contribution in [0, 0.1) is 10.1 Å². The van der Waals surface area contributed by atoms with E-state index in [1.807, 2.05) is 0 Å². The Morgan fingerprint density at radius 1 is 1.15 bits per heavy atom. The third kappa shape index (κ3) is 11.2. The van der Waals surface area contributed by atoms with Crippen LogP contribution in [-0.4, -0.2) is 47.4 Å². The lowest BCUT2D eigenvalue weighted by Gasteiger charge is -2.19. The van der Waals surface area contributed by atoms with Crippen molar-refractivity contribution in [1.29, 1.82) is 0 Å². The number of nitro groups is 1. The van der Waals surface area contributed by atoms with Crippen LogP contribution in [-0.2, 0) is 9.47 Å². The average molecular weight is 418 g/mol. The molecule has 0 saturated heterocycles. The van der Waals surface area contributed by atoms with Gasteiger partial charge in [-0.2, -0.15) is 0 Å². The van der Waals surface area contributed by atoms with Crippen LogP contribution in [0.2, 0.25) is 0 Å². The number of carbonyl (C=O) groups excluding carboxylic acids is 2. The summed E-state index contributed by atoms with van der Waals surface area (Å²) in [7, 11) is 3.01. The molecule has 1 aromatic rings. The number of carbonyl (C=O) groups is 2. The molecule has 0 atom stereocenters. The molecule has 1 amide bonds. The summed E-state index contributed by atoms with van der Waals surface area (Å²) < 4.78 is 14.9. The van der Waals surface area contributed by atoms with Crippen molar-refractivity contribution in [1.82, 2.24) is 5.32 Å². The van der Waals surface area contributed by atoms with Gasteiger partial charge in [-0.05, 0) is 32.9 Å². The number of amides is 1. The van der Waals surface area contributed by atoms with Crippen molar-refractivity contribution < 1.29 is 28.7 Å². The molecule has 1 N–H and O–H groups in total. The van der Waals surface area contributed by atoms with Crippen LogP contribution < -0.4 is 10.1 Å². The molecular weight excluding hydrogens is 396 g/mol. The number of nitrogens with zero attached hydrogens (tertiary/aromatic N) is 1. The Balaban J connectivity index is 2.05. The molecule has 0 fully saturated rings. The van der Waals surface area contributed by atoms with E-state index in [2.05, 4.69) is 5.32 Å². The molecule has 0 bridgehead atoms. The van der Waals surface area contributed by atoms with Gasteiger partial charge < -0.3 is 19.5 Å². The Morgan fingerprint density at radius 3 is 2.37 bits per heavy atom. The summed E-state index contributed by atoms with van der Waals surface area (Å²) in [6.07, 6.45) is -1.33. The number of nitrogens with one attached hydrogen (secondary N) is 1. The average Bonchev–Trinajstić information content (AvgIpc) is 2.56. The number of benzene rings is 1. The first kappa shape index (κ1) is 22.9. The summed E-state index contributed by atoms with van der Waals surface area (Å²) in [6.45, 7) is 6.01. The molecule has 0 aliphatic carbocycles. The van der Waals surface area contributed by atoms with Crippen LogP contribution in [0.1, 0.15) is 20.8 Å². The fraction of sp³-hybridized carbons (Fsp3) is 0.500. The molecule has 0 unspecified atom stereocenters. The normalized spacial score (nSPS) is 10.8. The second-order valence-corrected chi connectivity index (χ2v) is 8.73. The maximum absolute atomic E-state index is 11.5. The standard InChI is InChI=1S/C16H22N2O7S2/c1-16(2,3)25-14(19)17-8-10-26-27-11-9-23-15(20)24-13-6-4-12(5-7-13)18(21)22/h4-7H,8-11H2,1-3H3,(H,17,19). The van der Waals surface area contributed by atoms with Crippen molar-refractivity contribution in [3.05, 3.63) is 34.4 Å². The van der Waals surface area contributed by atoms with Gasteiger partial charge in [0.2, 0.25) is 0 Å². The Kier molecular flexibility index (Phi) is 9.79. The van der Waals surface area contributed by atoms with Crippen molar-refractivity contribution in [3.63, 3.8) is 0 Å². The van der Waals surface area contributed by atoms with Gasteiger partial charge in [0.05, 0.1) is 4.92 Å². The van der Waals surface area contributed by atoms with Gasteiger partial charge in [0, 0.05) is 30.2 Å². The summed E-state index contributed by atoms with van der Waals surface area (Å²) in [5.41, 5.74) is -0.614. The molecular formula is C16H22N2O7S2. The van der Waals surface area contributed by atoms with Crippen molar-refractivity contribution in [2.75, 3.05) is 24.7 Å². The predicted octanol–water partition coefficient (Wildman–Crippen LogP) is 4.02. The smallest absolute Gasteiger partial charge is 0.444 e. The van der Waals surface area contributed by atoms with E-state index >= 15 is 0 Å². The van der Waals surface area contributed by atoms with Gasteiger partial charge in [-0.1, -0.05) is 21.6 Å². The number of nitro benzene ring substituents is 1. The summed E-state index contributed by atoms with van der Waals surface area (Å²) in [4.78, 5) is 32.9. The van der Waals surface area contributed by atoms with Crippen LogP contribution in [0.25, 0.3) is 0 Å². The molecule has 11 heteroatoms. The number of hydrogen-bond donors (Lipinski definition) is 1. The molecule has 0 heterocycles. The Labute approximate surface area is 165 Å². The zero-order valence-electron chi connectivity index (χ0n) is 15.3. The van der Waals surface area contributed by atoms with Crippen molar-refractivity contribution in [2.45, 2.75) is 26.4 Å². The molecule has 27 heavy (non-hydrogen) atoms. The maximum Gasteiger partial charge on any atom is 0.513 e. The van der Waals surface area contributed by atoms with Crippen molar-refractivity contribution in [2.24, 2.45) is 0 Å². The van der Waals surface area contributed by atoms with E-state index in [4.69, 9.17) is 14.2 Å². The van der Waals surface area contributed by atoms with Gasteiger partial charge in [-0.25, -0.2) is 9.59 Å². The number of alkyl carbamates (subject to hydrolysis) is 1. The van der Waals surface area contributed by atoms with Gasteiger partial charge in [-0.15, -0.1) is 0 Å². The Morgan fingerprint density at radius 2 is 1.78 bits per heavy atom. The van der Waals surface area contributed by atoms with E-state index in [1.165, 1.54) is 45.9 Å². The van der Waals surface area contributed by atoms with Crippen LogP contribution in [0.5, 0.6) is 5.75 Å². The highest BCUT2D eigenvalue weighted by atomic mass is 33.1. The van der Waals surface area contributed by atoms with Gasteiger partial charge in [0.25, 0.3) is 5.69 Å². The summed E-state index contributed by atoms with van der Waals surface area (Å²) in [5, 5.41) is 13.2. The molecule has 0 radical (unpaired) electrons. The van der Waals surface area contributed by atoms with Crippen LogP contribution >= 0.6 is 21.6 Å². The van der Waals surface area contributed by atoms with Crippen LogP contribution in [0.4, 0.5) is 15.3 Å². The van der Waals surface area contributed by atoms with E-state index in [0.717, 1.165) is 0 Å². The van der Waals surface area contributed by atoms with E-state index in [0.29, 0.717) is 18.1 Å². The van der Waals surface area contributed by atoms with E-state index in [1.54, 1.807) is 20.8 Å². The molecule has 9 nitrogen and oxygen atoms in total. The topological polar surface area (TPSA) is 117 Å². The minimum atomic E-state index is -0.874. The third-order valence-electron chi connectivity index (χ3n) is 2.57. The van der Waals surface area contributed by atoms with E-state index in [9.17, 15) is 19.7 Å². The lowest BCUT2D eigenvalue weighted by atomic mass is 10.2. The number of rotatable bonds is 9. The first-order chi connectivity index (χ1) is 12.7. The predicted molar refractivity (Wildman–Crippen MR) is 104 cm³/mol. The first-order valence-electron chi connectivity index (χ1n) is 7.98. The molecule has 0 saturated carbocycles. The highest BCUT2D eigenvalue weighted by molar-refractivity contribution is 8.76. The lowest BCUT2D eigenvalue weighted by Crippen LogP contribution is -2.33. The summed E-state index contributed by atoms with van der Waals surface area (Å²) in [5.74, 6) is 1.39. The van der Waals surface area contributed by atoms with Crippen LogP contribution in [0.3, 0.4) is 0 Å². The molecule has 0 aliphatic rings. The monoisotopic (exact) mass is 418 g/mol. The highest BCUT2D eigenvalue weighted by Gasteiger charge is 2.15. The fourth-order valence-electron chi connectivity index (χ4n) is 1.55. The largest absolute Gasteiger partial charge is 0.513 e. The lowest BCUT2D eigenvalue weighted by molar-refractivity contribution is -0.384. The number of non-ortho nitro benzene ring substituents is 1. The summed E-state index contributed by atoms with van der Waals surface area (Å²) in [6, 6.07) is 5.12. The summed E-state index contributed by atoms with van der Waals surface area (Å²) >= 11 is 0. The number of ether oxygens (including phenoxy) is 3. The molecule has 0 aromatic heterocycles. The van der Waals surface area contributed by atoms with Gasteiger partial charge in [0.1, 0.15) is 18.0 Å². The SMILES string of the molecule is CC(C)(C)OC(=O)NCCSSCCOC(=O)Oc1ccc([N+](=O)[O-])cc1. The minimum absolute atomic E-state index is 0.0923.